The summed E-state index contributed by atoms with van der Waals surface area (Å²) in [7, 11) is -2.91. The van der Waals surface area contributed by atoms with Crippen LogP contribution in [0.5, 0.6) is 0 Å². The van der Waals surface area contributed by atoms with E-state index in [1.54, 1.807) is 0 Å². The summed E-state index contributed by atoms with van der Waals surface area (Å²) in [6.45, 7) is 0. The molecule has 0 spiro atoms. The van der Waals surface area contributed by atoms with Gasteiger partial charge in [-0.2, -0.15) is 4.98 Å². The third-order valence-corrected chi connectivity index (χ3v) is 4.50. The lowest BCUT2D eigenvalue weighted by Gasteiger charge is -2.19. The molecule has 0 N–H and O–H groups in total. The molecule has 1 aliphatic heterocycles. The molecule has 0 saturated carbocycles. The Balaban J connectivity index is 2.01. The van der Waals surface area contributed by atoms with Gasteiger partial charge in [0.2, 0.25) is 11.7 Å². The maximum Gasteiger partial charge on any atom is 0.235 e. The van der Waals surface area contributed by atoms with Gasteiger partial charge in [-0.15, -0.1) is 0 Å². The van der Waals surface area contributed by atoms with Crippen molar-refractivity contribution in [3.8, 4) is 0 Å². The molecule has 16 heavy (non-hydrogen) atoms. The smallest absolute Gasteiger partial charge is 0.235 e. The summed E-state index contributed by atoms with van der Waals surface area (Å²) in [4.78, 5) is 14.2. The van der Waals surface area contributed by atoms with Gasteiger partial charge in [-0.25, -0.2) is 8.42 Å². The fourth-order valence-corrected chi connectivity index (χ4v) is 3.70. The summed E-state index contributed by atoms with van der Waals surface area (Å²) in [5.74, 6) is 0.815. The molecular weight excluding hydrogens is 232 g/mol. The molecule has 0 amide bonds. The van der Waals surface area contributed by atoms with Crippen molar-refractivity contribution in [2.24, 2.45) is 5.92 Å². The van der Waals surface area contributed by atoms with E-state index in [2.05, 4.69) is 10.1 Å². The highest BCUT2D eigenvalue weighted by Crippen LogP contribution is 2.21. The van der Waals surface area contributed by atoms with Gasteiger partial charge in [0.05, 0.1) is 11.5 Å². The van der Waals surface area contributed by atoms with Crippen molar-refractivity contribution in [2.75, 3.05) is 11.5 Å². The first-order chi connectivity index (χ1) is 7.59. The van der Waals surface area contributed by atoms with Crippen LogP contribution in [0.1, 0.15) is 29.4 Å². The van der Waals surface area contributed by atoms with Gasteiger partial charge in [0, 0.05) is 6.42 Å². The minimum Gasteiger partial charge on any atom is -0.339 e. The molecule has 0 bridgehead atoms. The highest BCUT2D eigenvalue weighted by Gasteiger charge is 2.26. The Morgan fingerprint density at radius 3 is 2.94 bits per heavy atom. The first kappa shape index (κ1) is 11.3. The lowest BCUT2D eigenvalue weighted by molar-refractivity contribution is 0.111. The normalized spacial score (nSPS) is 24.1. The third kappa shape index (κ3) is 2.66. The highest BCUT2D eigenvalue weighted by molar-refractivity contribution is 7.91. The summed E-state index contributed by atoms with van der Waals surface area (Å²) in [6.07, 6.45) is 2.46. The number of nitrogens with zero attached hydrogens (tertiary/aromatic N) is 2. The molecule has 1 aromatic rings. The fraction of sp³-hybridized carbons (Fsp3) is 0.667. The van der Waals surface area contributed by atoms with Crippen molar-refractivity contribution in [1.29, 1.82) is 0 Å². The van der Waals surface area contributed by atoms with Crippen LogP contribution in [0.4, 0.5) is 0 Å². The number of aldehydes is 1. The van der Waals surface area contributed by atoms with Crippen LogP contribution in [0.15, 0.2) is 4.52 Å². The molecule has 0 aromatic carbocycles. The Labute approximate surface area is 93.0 Å². The summed E-state index contributed by atoms with van der Waals surface area (Å²) in [5.41, 5.74) is 0. The molecular formula is C9H12N2O4S. The van der Waals surface area contributed by atoms with E-state index in [1.807, 2.05) is 0 Å². The Morgan fingerprint density at radius 1 is 1.50 bits per heavy atom. The van der Waals surface area contributed by atoms with Crippen LogP contribution >= 0.6 is 0 Å². The number of rotatable bonds is 3. The Morgan fingerprint density at radius 2 is 2.31 bits per heavy atom. The molecule has 1 fully saturated rings. The van der Waals surface area contributed by atoms with Crippen LogP contribution in [0.2, 0.25) is 0 Å². The van der Waals surface area contributed by atoms with Crippen LogP contribution in [0, 0.1) is 5.92 Å². The minimum atomic E-state index is -2.91. The Hall–Kier alpha value is -1.24. The first-order valence-electron chi connectivity index (χ1n) is 5.07. The lowest BCUT2D eigenvalue weighted by atomic mass is 10.0. The molecule has 1 unspecified atom stereocenters. The molecule has 1 atom stereocenters. The first-order valence-corrected chi connectivity index (χ1v) is 6.89. The molecule has 6 nitrogen and oxygen atoms in total. The van der Waals surface area contributed by atoms with E-state index in [0.29, 0.717) is 25.0 Å². The molecule has 2 heterocycles. The van der Waals surface area contributed by atoms with E-state index in [-0.39, 0.29) is 23.2 Å². The van der Waals surface area contributed by atoms with Crippen LogP contribution in [-0.4, -0.2) is 36.4 Å². The summed E-state index contributed by atoms with van der Waals surface area (Å²) < 4.78 is 27.6. The van der Waals surface area contributed by atoms with Crippen molar-refractivity contribution >= 4 is 16.1 Å². The Bertz CT molecular complexity index is 479. The predicted molar refractivity (Wildman–Crippen MR) is 54.8 cm³/mol. The maximum atomic E-state index is 11.4. The molecule has 88 valence electrons. The standard InChI is InChI=1S/C9H12N2O4S/c12-5-8-10-9(15-11-8)4-7-2-1-3-16(13,14)6-7/h5,7H,1-4,6H2. The molecule has 1 aromatic heterocycles. The van der Waals surface area contributed by atoms with E-state index in [4.69, 9.17) is 4.52 Å². The average Bonchev–Trinajstić information content (AvgIpc) is 2.64. The van der Waals surface area contributed by atoms with Crippen molar-refractivity contribution in [3.05, 3.63) is 11.7 Å². The van der Waals surface area contributed by atoms with E-state index in [1.165, 1.54) is 0 Å². The number of sulfone groups is 1. The summed E-state index contributed by atoms with van der Waals surface area (Å²) in [6, 6.07) is 0. The number of hydrogen-bond acceptors (Lipinski definition) is 6. The largest absolute Gasteiger partial charge is 0.339 e. The van der Waals surface area contributed by atoms with Crippen molar-refractivity contribution < 1.29 is 17.7 Å². The second-order valence-electron chi connectivity index (χ2n) is 3.99. The van der Waals surface area contributed by atoms with E-state index < -0.39 is 9.84 Å². The number of carbonyl (C=O) groups excluding carboxylic acids is 1. The zero-order chi connectivity index (χ0) is 11.6. The van der Waals surface area contributed by atoms with Crippen LogP contribution in [-0.2, 0) is 16.3 Å². The minimum absolute atomic E-state index is 0.00802. The average molecular weight is 244 g/mol. The van der Waals surface area contributed by atoms with Gasteiger partial charge in [-0.1, -0.05) is 5.16 Å². The van der Waals surface area contributed by atoms with Gasteiger partial charge in [0.25, 0.3) is 0 Å². The van der Waals surface area contributed by atoms with Gasteiger partial charge in [0.1, 0.15) is 0 Å². The monoisotopic (exact) mass is 244 g/mol. The van der Waals surface area contributed by atoms with Crippen LogP contribution < -0.4 is 0 Å². The lowest BCUT2D eigenvalue weighted by Crippen LogP contribution is -2.26. The van der Waals surface area contributed by atoms with Gasteiger partial charge >= 0.3 is 0 Å². The van der Waals surface area contributed by atoms with Crippen LogP contribution in [0.3, 0.4) is 0 Å². The van der Waals surface area contributed by atoms with Crippen molar-refractivity contribution in [1.82, 2.24) is 10.1 Å². The second kappa shape index (κ2) is 4.32. The molecule has 1 saturated heterocycles. The van der Waals surface area contributed by atoms with E-state index in [0.717, 1.165) is 6.42 Å². The van der Waals surface area contributed by atoms with Gasteiger partial charge in [0.15, 0.2) is 16.1 Å². The van der Waals surface area contributed by atoms with E-state index in [9.17, 15) is 13.2 Å². The number of hydrogen-bond donors (Lipinski definition) is 0. The zero-order valence-corrected chi connectivity index (χ0v) is 9.44. The summed E-state index contributed by atoms with van der Waals surface area (Å²) >= 11 is 0. The second-order valence-corrected chi connectivity index (χ2v) is 6.22. The fourth-order valence-electron chi connectivity index (χ4n) is 1.92. The zero-order valence-electron chi connectivity index (χ0n) is 8.63. The molecule has 7 heteroatoms. The number of aromatic nitrogens is 2. The quantitative estimate of drug-likeness (QED) is 0.708. The van der Waals surface area contributed by atoms with E-state index >= 15 is 0 Å². The summed E-state index contributed by atoms with van der Waals surface area (Å²) in [5, 5.41) is 3.43. The van der Waals surface area contributed by atoms with Crippen LogP contribution in [0.25, 0.3) is 0 Å². The molecule has 0 aliphatic carbocycles. The molecule has 0 radical (unpaired) electrons. The molecule has 1 aliphatic rings. The number of carbonyl (C=O) groups is 1. The van der Waals surface area contributed by atoms with Gasteiger partial charge in [-0.3, -0.25) is 4.79 Å². The highest BCUT2D eigenvalue weighted by atomic mass is 32.2. The maximum absolute atomic E-state index is 11.4. The third-order valence-electron chi connectivity index (χ3n) is 2.61. The van der Waals surface area contributed by atoms with Gasteiger partial charge < -0.3 is 4.52 Å². The molecule has 2 rings (SSSR count). The Kier molecular flexibility index (Phi) is 3.04. The van der Waals surface area contributed by atoms with Crippen molar-refractivity contribution in [3.63, 3.8) is 0 Å². The van der Waals surface area contributed by atoms with Gasteiger partial charge in [-0.05, 0) is 18.8 Å². The van der Waals surface area contributed by atoms with Crippen molar-refractivity contribution in [2.45, 2.75) is 19.3 Å². The predicted octanol–water partition coefficient (Wildman–Crippen LogP) is 0.249. The topological polar surface area (TPSA) is 90.1 Å². The SMILES string of the molecule is O=Cc1noc(CC2CCCS(=O)(=O)C2)n1.